The maximum atomic E-state index is 6.18. The number of ether oxygens (including phenoxy) is 2. The molecule has 0 aliphatic heterocycles. The van der Waals surface area contributed by atoms with Gasteiger partial charge in [-0.2, -0.15) is 0 Å². The normalized spacial score (nSPS) is 10.8. The molecule has 1 N–H and O–H groups in total. The summed E-state index contributed by atoms with van der Waals surface area (Å²) >= 11 is 6.18. The number of aromatic nitrogens is 2. The summed E-state index contributed by atoms with van der Waals surface area (Å²) in [6, 6.07) is 21.3. The Morgan fingerprint density at radius 1 is 0.962 bits per heavy atom. The highest BCUT2D eigenvalue weighted by Crippen LogP contribution is 2.33. The van der Waals surface area contributed by atoms with Gasteiger partial charge in [-0.05, 0) is 36.4 Å². The number of imidazole rings is 1. The first-order valence-electron chi connectivity index (χ1n) is 8.24. The standard InChI is InChI=1S/C21H17ClN2O2/c1-25-20-12-14(21-23-17-8-4-5-9-18(17)24-21)10-11-19(20)26-13-15-6-2-3-7-16(15)22/h2-12H,13H2,1H3,(H,23,24). The molecule has 0 saturated heterocycles. The number of hydrogen-bond donors (Lipinski definition) is 1. The first kappa shape index (κ1) is 16.5. The van der Waals surface area contributed by atoms with Gasteiger partial charge in [0.1, 0.15) is 12.4 Å². The Bertz CT molecular complexity index is 1030. The average Bonchev–Trinajstić information content (AvgIpc) is 3.11. The van der Waals surface area contributed by atoms with Gasteiger partial charge in [0, 0.05) is 16.1 Å². The number of methoxy groups -OCH3 is 1. The fourth-order valence-electron chi connectivity index (χ4n) is 2.79. The van der Waals surface area contributed by atoms with Crippen molar-refractivity contribution in [3.63, 3.8) is 0 Å². The van der Waals surface area contributed by atoms with E-state index in [9.17, 15) is 0 Å². The quantitative estimate of drug-likeness (QED) is 0.510. The lowest BCUT2D eigenvalue weighted by atomic mass is 10.2. The zero-order chi connectivity index (χ0) is 17.9. The van der Waals surface area contributed by atoms with E-state index in [1.807, 2.05) is 66.7 Å². The van der Waals surface area contributed by atoms with Gasteiger partial charge >= 0.3 is 0 Å². The lowest BCUT2D eigenvalue weighted by molar-refractivity contribution is 0.284. The summed E-state index contributed by atoms with van der Waals surface area (Å²) in [5.74, 6) is 2.10. The number of para-hydroxylation sites is 2. The van der Waals surface area contributed by atoms with Crippen LogP contribution in [0.15, 0.2) is 66.7 Å². The fourth-order valence-corrected chi connectivity index (χ4v) is 2.98. The molecule has 4 rings (SSSR count). The summed E-state index contributed by atoms with van der Waals surface area (Å²) in [7, 11) is 1.63. The highest BCUT2D eigenvalue weighted by Gasteiger charge is 2.11. The molecule has 1 heterocycles. The van der Waals surface area contributed by atoms with Crippen LogP contribution in [0.5, 0.6) is 11.5 Å². The highest BCUT2D eigenvalue weighted by molar-refractivity contribution is 6.31. The third-order valence-electron chi connectivity index (χ3n) is 4.17. The van der Waals surface area contributed by atoms with Gasteiger partial charge in [-0.1, -0.05) is 41.9 Å². The Balaban J connectivity index is 1.60. The largest absolute Gasteiger partial charge is 0.493 e. The summed E-state index contributed by atoms with van der Waals surface area (Å²) in [6.07, 6.45) is 0. The smallest absolute Gasteiger partial charge is 0.161 e. The molecule has 130 valence electrons. The van der Waals surface area contributed by atoms with Crippen LogP contribution in [0, 0.1) is 0 Å². The third-order valence-corrected chi connectivity index (χ3v) is 4.54. The monoisotopic (exact) mass is 364 g/mol. The van der Waals surface area contributed by atoms with E-state index in [0.717, 1.165) is 28.0 Å². The molecule has 0 bridgehead atoms. The molecule has 4 nitrogen and oxygen atoms in total. The van der Waals surface area contributed by atoms with Gasteiger partial charge in [-0.3, -0.25) is 0 Å². The van der Waals surface area contributed by atoms with Gasteiger partial charge in [0.2, 0.25) is 0 Å². The van der Waals surface area contributed by atoms with Crippen LogP contribution >= 0.6 is 11.6 Å². The van der Waals surface area contributed by atoms with Crippen LogP contribution in [0.2, 0.25) is 5.02 Å². The first-order chi connectivity index (χ1) is 12.7. The van der Waals surface area contributed by atoms with Crippen molar-refractivity contribution in [3.05, 3.63) is 77.3 Å². The number of nitrogens with one attached hydrogen (secondary N) is 1. The van der Waals surface area contributed by atoms with E-state index in [0.29, 0.717) is 23.1 Å². The zero-order valence-electron chi connectivity index (χ0n) is 14.2. The SMILES string of the molecule is COc1cc(-c2nc3ccccc3[nH]2)ccc1OCc1ccccc1Cl. The van der Waals surface area contributed by atoms with Crippen molar-refractivity contribution in [2.45, 2.75) is 6.61 Å². The van der Waals surface area contributed by atoms with E-state index < -0.39 is 0 Å². The van der Waals surface area contributed by atoms with Gasteiger partial charge in [-0.15, -0.1) is 0 Å². The summed E-state index contributed by atoms with van der Waals surface area (Å²) in [4.78, 5) is 7.95. The predicted molar refractivity (Wildman–Crippen MR) is 104 cm³/mol. The molecule has 0 unspecified atom stereocenters. The first-order valence-corrected chi connectivity index (χ1v) is 8.62. The fraction of sp³-hybridized carbons (Fsp3) is 0.0952. The number of nitrogens with zero attached hydrogens (tertiary/aromatic N) is 1. The molecule has 0 radical (unpaired) electrons. The number of aromatic amines is 1. The molecule has 0 aliphatic carbocycles. The molecule has 0 atom stereocenters. The van der Waals surface area contributed by atoms with Gasteiger partial charge in [-0.25, -0.2) is 4.98 Å². The van der Waals surface area contributed by atoms with Gasteiger partial charge in [0.15, 0.2) is 11.5 Å². The number of hydrogen-bond acceptors (Lipinski definition) is 3. The number of rotatable bonds is 5. The zero-order valence-corrected chi connectivity index (χ0v) is 15.0. The Morgan fingerprint density at radius 2 is 1.77 bits per heavy atom. The van der Waals surface area contributed by atoms with E-state index in [1.165, 1.54) is 0 Å². The third kappa shape index (κ3) is 3.24. The summed E-state index contributed by atoms with van der Waals surface area (Å²) in [6.45, 7) is 0.375. The van der Waals surface area contributed by atoms with Crippen LogP contribution in [0.25, 0.3) is 22.4 Å². The van der Waals surface area contributed by atoms with E-state index in [1.54, 1.807) is 7.11 Å². The van der Waals surface area contributed by atoms with Gasteiger partial charge in [0.05, 0.1) is 18.1 Å². The molecule has 0 amide bonds. The lowest BCUT2D eigenvalue weighted by Crippen LogP contribution is -1.98. The van der Waals surface area contributed by atoms with Gasteiger partial charge in [0.25, 0.3) is 0 Å². The van der Waals surface area contributed by atoms with Crippen LogP contribution < -0.4 is 9.47 Å². The van der Waals surface area contributed by atoms with E-state index in [-0.39, 0.29) is 0 Å². The number of benzene rings is 3. The second-order valence-corrected chi connectivity index (χ2v) is 6.26. The molecule has 3 aromatic carbocycles. The molecular weight excluding hydrogens is 348 g/mol. The molecule has 26 heavy (non-hydrogen) atoms. The molecule has 0 aliphatic rings. The van der Waals surface area contributed by atoms with Crippen molar-refractivity contribution in [2.24, 2.45) is 0 Å². The van der Waals surface area contributed by atoms with Crippen LogP contribution in [-0.4, -0.2) is 17.1 Å². The Morgan fingerprint density at radius 3 is 2.58 bits per heavy atom. The maximum absolute atomic E-state index is 6.18. The summed E-state index contributed by atoms with van der Waals surface area (Å²) in [5, 5.41) is 0.686. The van der Waals surface area contributed by atoms with Crippen molar-refractivity contribution in [1.82, 2.24) is 9.97 Å². The topological polar surface area (TPSA) is 47.1 Å². The second-order valence-electron chi connectivity index (χ2n) is 5.85. The second kappa shape index (κ2) is 7.10. The number of halogens is 1. The number of H-pyrrole nitrogens is 1. The van der Waals surface area contributed by atoms with Crippen molar-refractivity contribution < 1.29 is 9.47 Å². The average molecular weight is 365 g/mol. The van der Waals surface area contributed by atoms with Crippen molar-refractivity contribution in [3.8, 4) is 22.9 Å². The molecule has 4 aromatic rings. The van der Waals surface area contributed by atoms with Crippen LogP contribution in [0.3, 0.4) is 0 Å². The summed E-state index contributed by atoms with van der Waals surface area (Å²) < 4.78 is 11.4. The van der Waals surface area contributed by atoms with E-state index in [2.05, 4.69) is 9.97 Å². The van der Waals surface area contributed by atoms with Crippen LogP contribution in [0.1, 0.15) is 5.56 Å². The Labute approximate surface area is 156 Å². The minimum absolute atomic E-state index is 0.375. The van der Waals surface area contributed by atoms with Gasteiger partial charge < -0.3 is 14.5 Å². The molecule has 1 aromatic heterocycles. The van der Waals surface area contributed by atoms with Crippen LogP contribution in [0.4, 0.5) is 0 Å². The lowest BCUT2D eigenvalue weighted by Gasteiger charge is -2.12. The predicted octanol–water partition coefficient (Wildman–Crippen LogP) is 5.47. The maximum Gasteiger partial charge on any atom is 0.161 e. The highest BCUT2D eigenvalue weighted by atomic mass is 35.5. The van der Waals surface area contributed by atoms with E-state index >= 15 is 0 Å². The molecule has 0 saturated carbocycles. The summed E-state index contributed by atoms with van der Waals surface area (Å²) in [5.41, 5.74) is 3.79. The molecular formula is C21H17ClN2O2. The minimum Gasteiger partial charge on any atom is -0.493 e. The molecule has 0 spiro atoms. The minimum atomic E-state index is 0.375. The van der Waals surface area contributed by atoms with E-state index in [4.69, 9.17) is 21.1 Å². The Kier molecular flexibility index (Phi) is 4.50. The van der Waals surface area contributed by atoms with Crippen molar-refractivity contribution >= 4 is 22.6 Å². The number of fused-ring (bicyclic) bond motifs is 1. The molecule has 5 heteroatoms. The Hall–Kier alpha value is -2.98. The van der Waals surface area contributed by atoms with Crippen molar-refractivity contribution in [1.29, 1.82) is 0 Å². The van der Waals surface area contributed by atoms with Crippen molar-refractivity contribution in [2.75, 3.05) is 7.11 Å². The van der Waals surface area contributed by atoms with Crippen LogP contribution in [-0.2, 0) is 6.61 Å². The molecule has 0 fully saturated rings.